The van der Waals surface area contributed by atoms with Gasteiger partial charge in [0.25, 0.3) is 15.7 Å². The largest absolute Gasteiger partial charge is 0.495 e. The van der Waals surface area contributed by atoms with E-state index in [0.29, 0.717) is 23.6 Å². The molecule has 15 heteroatoms. The van der Waals surface area contributed by atoms with Crippen molar-refractivity contribution in [1.29, 1.82) is 0 Å². The summed E-state index contributed by atoms with van der Waals surface area (Å²) >= 11 is 19.1. The molecule has 270 valence electrons. The number of rotatable bonds is 16. The molecule has 0 bridgehead atoms. The van der Waals surface area contributed by atoms with E-state index < -0.39 is 49.9 Å². The highest BCUT2D eigenvalue weighted by atomic mass is 35.5. The maximum absolute atomic E-state index is 14.8. The Morgan fingerprint density at radius 2 is 1.65 bits per heavy atom. The molecule has 0 heterocycles. The minimum absolute atomic E-state index is 0.0582. The number of carbonyl (C=O) groups excluding carboxylic acids is 2. The van der Waals surface area contributed by atoms with Crippen LogP contribution in [-0.4, -0.2) is 56.3 Å². The lowest BCUT2D eigenvalue weighted by Gasteiger charge is -2.34. The van der Waals surface area contributed by atoms with Crippen LogP contribution < -0.4 is 14.4 Å². The first-order valence-electron chi connectivity index (χ1n) is 15.9. The van der Waals surface area contributed by atoms with Gasteiger partial charge in [0.1, 0.15) is 18.3 Å². The molecule has 0 fully saturated rings. The van der Waals surface area contributed by atoms with Gasteiger partial charge in [-0.25, -0.2) is 8.42 Å². The second-order valence-corrected chi connectivity index (χ2v) is 14.8. The zero-order valence-electron chi connectivity index (χ0n) is 28.1. The molecular weight excluding hydrogens is 739 g/mol. The van der Waals surface area contributed by atoms with E-state index in [1.54, 1.807) is 12.1 Å². The SMILES string of the molecule is CCCCNC(=O)C(Cc1ccccc1)N(Cc1ccc(Cl)cc1Cl)C(=O)CN(c1cc(Cl)ccc1OC)S(=O)(=O)c1ccc(C)c([N+](=O)[O-])c1. The van der Waals surface area contributed by atoms with E-state index in [9.17, 15) is 28.1 Å². The normalized spacial score (nSPS) is 11.8. The monoisotopic (exact) mass is 774 g/mol. The second-order valence-electron chi connectivity index (χ2n) is 11.6. The molecule has 4 rings (SSSR count). The third-order valence-corrected chi connectivity index (χ3v) is 10.7. The van der Waals surface area contributed by atoms with Crippen LogP contribution in [0, 0.1) is 17.0 Å². The summed E-state index contributed by atoms with van der Waals surface area (Å²) in [6.45, 7) is 2.78. The first kappa shape index (κ1) is 39.4. The maximum atomic E-state index is 14.8. The number of hydrogen-bond acceptors (Lipinski definition) is 7. The number of amides is 2. The Balaban J connectivity index is 1.90. The molecule has 4 aromatic rings. The molecule has 4 aromatic carbocycles. The first-order valence-corrected chi connectivity index (χ1v) is 18.5. The lowest BCUT2D eigenvalue weighted by Crippen LogP contribution is -2.53. The van der Waals surface area contributed by atoms with Crippen LogP contribution in [0.1, 0.15) is 36.5 Å². The molecule has 0 saturated heterocycles. The zero-order chi connectivity index (χ0) is 37.3. The standard InChI is InChI=1S/C36H37Cl3N4O7S/c1-4-5-17-40-36(45)33(18-25-9-7-6-8-10-25)41(22-26-12-13-27(37)19-30(26)39)35(44)23-42(32-20-28(38)14-16-34(32)50-3)51(48,49)29-15-11-24(2)31(21-29)43(46)47/h6-16,19-21,33H,4-5,17-18,22-23H2,1-3H3,(H,40,45). The number of hydrogen-bond donors (Lipinski definition) is 1. The van der Waals surface area contributed by atoms with Crippen LogP contribution in [0.15, 0.2) is 89.8 Å². The van der Waals surface area contributed by atoms with Crippen molar-refractivity contribution in [3.63, 3.8) is 0 Å². The fourth-order valence-electron chi connectivity index (χ4n) is 5.34. The van der Waals surface area contributed by atoms with Crippen LogP contribution in [0.3, 0.4) is 0 Å². The number of unbranched alkanes of at least 4 members (excludes halogenated alkanes) is 1. The fraction of sp³-hybridized carbons (Fsp3) is 0.278. The van der Waals surface area contributed by atoms with Crippen LogP contribution in [0.2, 0.25) is 15.1 Å². The van der Waals surface area contributed by atoms with Crippen molar-refractivity contribution in [2.75, 3.05) is 24.5 Å². The van der Waals surface area contributed by atoms with Gasteiger partial charge in [-0.1, -0.05) is 90.6 Å². The van der Waals surface area contributed by atoms with Gasteiger partial charge in [0, 0.05) is 46.2 Å². The molecule has 1 N–H and O–H groups in total. The molecule has 0 saturated carbocycles. The molecule has 0 aliphatic rings. The number of ether oxygens (including phenoxy) is 1. The number of aryl methyl sites for hydroxylation is 1. The molecule has 2 amide bonds. The Labute approximate surface area is 312 Å². The summed E-state index contributed by atoms with van der Waals surface area (Å²) in [6, 6.07) is 20.4. The van der Waals surface area contributed by atoms with E-state index in [-0.39, 0.29) is 40.0 Å². The van der Waals surface area contributed by atoms with E-state index >= 15 is 0 Å². The smallest absolute Gasteiger partial charge is 0.273 e. The van der Waals surface area contributed by atoms with Gasteiger partial charge < -0.3 is 15.0 Å². The average molecular weight is 776 g/mol. The van der Waals surface area contributed by atoms with Crippen molar-refractivity contribution in [3.05, 3.63) is 127 Å². The Hall–Kier alpha value is -4.36. The van der Waals surface area contributed by atoms with E-state index in [4.69, 9.17) is 39.5 Å². The summed E-state index contributed by atoms with van der Waals surface area (Å²) in [4.78, 5) is 40.7. The molecule has 51 heavy (non-hydrogen) atoms. The third kappa shape index (κ3) is 9.91. The van der Waals surface area contributed by atoms with Crippen molar-refractivity contribution in [1.82, 2.24) is 10.2 Å². The highest BCUT2D eigenvalue weighted by Gasteiger charge is 2.36. The van der Waals surface area contributed by atoms with Gasteiger partial charge in [-0.2, -0.15) is 0 Å². The number of nitrogens with zero attached hydrogens (tertiary/aromatic N) is 3. The Morgan fingerprint density at radius 1 is 0.961 bits per heavy atom. The van der Waals surface area contributed by atoms with Crippen LogP contribution in [0.25, 0.3) is 0 Å². The number of methoxy groups -OCH3 is 1. The molecule has 0 aliphatic heterocycles. The fourth-order valence-corrected chi connectivity index (χ4v) is 7.41. The molecule has 1 atom stereocenters. The van der Waals surface area contributed by atoms with Gasteiger partial charge >= 0.3 is 0 Å². The quantitative estimate of drug-likeness (QED) is 0.0702. The molecular formula is C36H37Cl3N4O7S. The molecule has 1 unspecified atom stereocenters. The molecule has 0 aromatic heterocycles. The zero-order valence-corrected chi connectivity index (χ0v) is 31.2. The highest BCUT2D eigenvalue weighted by molar-refractivity contribution is 7.92. The summed E-state index contributed by atoms with van der Waals surface area (Å²) < 4.78 is 35.3. The summed E-state index contributed by atoms with van der Waals surface area (Å²) in [5, 5.41) is 15.4. The lowest BCUT2D eigenvalue weighted by molar-refractivity contribution is -0.385. The van der Waals surface area contributed by atoms with Gasteiger partial charge in [0.2, 0.25) is 11.8 Å². The van der Waals surface area contributed by atoms with Crippen molar-refractivity contribution < 1.29 is 27.7 Å². The first-order chi connectivity index (χ1) is 24.3. The molecule has 11 nitrogen and oxygen atoms in total. The van der Waals surface area contributed by atoms with Crippen LogP contribution in [0.5, 0.6) is 5.75 Å². The predicted molar refractivity (Wildman–Crippen MR) is 199 cm³/mol. The Morgan fingerprint density at radius 3 is 2.29 bits per heavy atom. The number of halogens is 3. The Bertz CT molecular complexity index is 2000. The van der Waals surface area contributed by atoms with Crippen molar-refractivity contribution in [2.45, 2.75) is 50.6 Å². The van der Waals surface area contributed by atoms with E-state index in [2.05, 4.69) is 5.32 Å². The number of sulfonamides is 1. The van der Waals surface area contributed by atoms with Gasteiger partial charge in [-0.05, 0) is 60.9 Å². The molecule has 0 radical (unpaired) electrons. The van der Waals surface area contributed by atoms with E-state index in [1.807, 2.05) is 37.3 Å². The topological polar surface area (TPSA) is 139 Å². The van der Waals surface area contributed by atoms with Crippen LogP contribution >= 0.6 is 34.8 Å². The number of anilines is 1. The second kappa shape index (κ2) is 17.7. The summed E-state index contributed by atoms with van der Waals surface area (Å²) in [6.07, 6.45) is 1.61. The number of nitro benzene ring substituents is 1. The average Bonchev–Trinajstić information content (AvgIpc) is 3.09. The number of carbonyl (C=O) groups is 2. The third-order valence-electron chi connectivity index (χ3n) is 8.11. The van der Waals surface area contributed by atoms with Gasteiger partial charge in [-0.15, -0.1) is 0 Å². The van der Waals surface area contributed by atoms with Gasteiger partial charge in [0.15, 0.2) is 0 Å². The van der Waals surface area contributed by atoms with E-state index in [1.165, 1.54) is 55.3 Å². The summed E-state index contributed by atoms with van der Waals surface area (Å²) in [5.74, 6) is -1.17. The summed E-state index contributed by atoms with van der Waals surface area (Å²) in [7, 11) is -3.39. The maximum Gasteiger partial charge on any atom is 0.273 e. The van der Waals surface area contributed by atoms with Crippen LogP contribution in [-0.2, 0) is 32.6 Å². The predicted octanol–water partition coefficient (Wildman–Crippen LogP) is 7.62. The molecule has 0 aliphatic carbocycles. The lowest BCUT2D eigenvalue weighted by atomic mass is 10.0. The van der Waals surface area contributed by atoms with Crippen molar-refractivity contribution in [2.24, 2.45) is 0 Å². The highest BCUT2D eigenvalue weighted by Crippen LogP contribution is 2.36. The minimum Gasteiger partial charge on any atom is -0.495 e. The molecule has 0 spiro atoms. The van der Waals surface area contributed by atoms with Gasteiger partial charge in [-0.3, -0.25) is 24.0 Å². The Kier molecular flexibility index (Phi) is 13.7. The van der Waals surface area contributed by atoms with Crippen molar-refractivity contribution >= 4 is 68.0 Å². The minimum atomic E-state index is -4.72. The summed E-state index contributed by atoms with van der Waals surface area (Å²) in [5.41, 5.74) is 0.925. The van der Waals surface area contributed by atoms with E-state index in [0.717, 1.165) is 22.4 Å². The number of benzene rings is 4. The van der Waals surface area contributed by atoms with Crippen molar-refractivity contribution in [3.8, 4) is 5.75 Å². The van der Waals surface area contributed by atoms with Gasteiger partial charge in [0.05, 0.1) is 22.6 Å². The number of nitro groups is 1. The van der Waals surface area contributed by atoms with Crippen LogP contribution in [0.4, 0.5) is 11.4 Å². The number of nitrogens with one attached hydrogen (secondary N) is 1.